The van der Waals surface area contributed by atoms with Gasteiger partial charge in [-0.3, -0.25) is 19.4 Å². The quantitative estimate of drug-likeness (QED) is 0.819. The Bertz CT molecular complexity index is 871. The van der Waals surface area contributed by atoms with Crippen LogP contribution in [0.3, 0.4) is 0 Å². The van der Waals surface area contributed by atoms with E-state index in [4.69, 9.17) is 4.74 Å². The van der Waals surface area contributed by atoms with Crippen molar-refractivity contribution in [3.05, 3.63) is 47.0 Å². The number of hydrogen-bond donors (Lipinski definition) is 1. The van der Waals surface area contributed by atoms with E-state index in [2.05, 4.69) is 34.1 Å². The molecule has 162 valence electrons. The maximum Gasteiger partial charge on any atom is 0.269 e. The lowest BCUT2D eigenvalue weighted by atomic mass is 9.79. The molecule has 1 unspecified atom stereocenters. The zero-order valence-corrected chi connectivity index (χ0v) is 18.4. The number of nitrogens with one attached hydrogen (secondary N) is 1. The molecule has 1 amide bonds. The summed E-state index contributed by atoms with van der Waals surface area (Å²) in [4.78, 5) is 19.0. The van der Waals surface area contributed by atoms with Gasteiger partial charge in [-0.1, -0.05) is 6.07 Å². The Hall–Kier alpha value is -2.25. The molecule has 1 spiro atoms. The van der Waals surface area contributed by atoms with Gasteiger partial charge in [-0.15, -0.1) is 0 Å². The fourth-order valence-electron chi connectivity index (χ4n) is 4.87. The topological polar surface area (TPSA) is 72.3 Å². The molecule has 0 aromatic carbocycles. The van der Waals surface area contributed by atoms with Gasteiger partial charge in [-0.2, -0.15) is 5.10 Å². The molecule has 1 atom stereocenters. The first kappa shape index (κ1) is 21.0. The second-order valence-corrected chi connectivity index (χ2v) is 8.86. The van der Waals surface area contributed by atoms with Crippen molar-refractivity contribution in [1.29, 1.82) is 0 Å². The summed E-state index contributed by atoms with van der Waals surface area (Å²) in [7, 11) is 2.01. The first-order chi connectivity index (χ1) is 14.5. The van der Waals surface area contributed by atoms with Crippen LogP contribution in [-0.2, 0) is 18.3 Å². The van der Waals surface area contributed by atoms with Crippen molar-refractivity contribution in [3.63, 3.8) is 0 Å². The molecule has 7 nitrogen and oxygen atoms in total. The monoisotopic (exact) mass is 411 g/mol. The maximum absolute atomic E-state index is 12.3. The van der Waals surface area contributed by atoms with Gasteiger partial charge in [0.05, 0.1) is 11.3 Å². The van der Waals surface area contributed by atoms with E-state index < -0.39 is 0 Å². The largest absolute Gasteiger partial charge is 0.375 e. The minimum atomic E-state index is -0.0897. The van der Waals surface area contributed by atoms with Crippen molar-refractivity contribution in [2.45, 2.75) is 51.7 Å². The average Bonchev–Trinajstić information content (AvgIpc) is 3.00. The number of hydrogen-bond acceptors (Lipinski definition) is 5. The SMILES string of the molecule is Cc1nn(C)c(C)c1CN1CCC2(CC1)CC(CNC(=O)c1ccccn1)CCO2. The normalized spacial score (nSPS) is 21.6. The molecule has 30 heavy (non-hydrogen) atoms. The zero-order chi connectivity index (χ0) is 21.1. The van der Waals surface area contributed by atoms with Crippen LogP contribution in [0.5, 0.6) is 0 Å². The van der Waals surface area contributed by atoms with Crippen LogP contribution in [0.2, 0.25) is 0 Å². The molecule has 0 bridgehead atoms. The Kier molecular flexibility index (Phi) is 6.20. The number of carbonyl (C=O) groups is 1. The minimum absolute atomic E-state index is 0.0336. The molecular formula is C23H33N5O2. The standard InChI is InChI=1S/C23H33N5O2/c1-17-20(18(2)27(3)26-17)16-28-11-8-23(9-12-28)14-19(7-13-30-23)15-25-22(29)21-6-4-5-10-24-21/h4-6,10,19H,7-9,11-16H2,1-3H3,(H,25,29). The van der Waals surface area contributed by atoms with Crippen LogP contribution in [0.15, 0.2) is 24.4 Å². The van der Waals surface area contributed by atoms with Gasteiger partial charge >= 0.3 is 0 Å². The van der Waals surface area contributed by atoms with Gasteiger partial charge in [0, 0.05) is 57.3 Å². The molecule has 2 aromatic rings. The van der Waals surface area contributed by atoms with Crippen LogP contribution in [0, 0.1) is 19.8 Å². The van der Waals surface area contributed by atoms with E-state index in [0.717, 1.165) is 57.6 Å². The van der Waals surface area contributed by atoms with Gasteiger partial charge in [-0.25, -0.2) is 0 Å². The van der Waals surface area contributed by atoms with Crippen LogP contribution in [-0.4, -0.2) is 57.4 Å². The molecular weight excluding hydrogens is 378 g/mol. The fraction of sp³-hybridized carbons (Fsp3) is 0.609. The highest BCUT2D eigenvalue weighted by Gasteiger charge is 2.40. The summed E-state index contributed by atoms with van der Waals surface area (Å²) in [5, 5.41) is 7.62. The number of aryl methyl sites for hydroxylation is 2. The number of piperidine rings is 1. The number of likely N-dealkylation sites (tertiary alicyclic amines) is 1. The third-order valence-electron chi connectivity index (χ3n) is 6.85. The van der Waals surface area contributed by atoms with Gasteiger partial charge in [0.1, 0.15) is 5.69 Å². The summed E-state index contributed by atoms with van der Waals surface area (Å²) < 4.78 is 8.29. The molecule has 2 aliphatic rings. The van der Waals surface area contributed by atoms with Gasteiger partial charge < -0.3 is 10.1 Å². The third kappa shape index (κ3) is 4.57. The summed E-state index contributed by atoms with van der Waals surface area (Å²) in [6.07, 6.45) is 5.78. The second-order valence-electron chi connectivity index (χ2n) is 8.86. The number of amides is 1. The molecule has 7 heteroatoms. The predicted molar refractivity (Wildman–Crippen MR) is 115 cm³/mol. The summed E-state index contributed by atoms with van der Waals surface area (Å²) in [5.41, 5.74) is 4.19. The first-order valence-electron chi connectivity index (χ1n) is 11.0. The molecule has 2 fully saturated rings. The van der Waals surface area contributed by atoms with E-state index in [0.29, 0.717) is 18.2 Å². The highest BCUT2D eigenvalue weighted by molar-refractivity contribution is 5.92. The smallest absolute Gasteiger partial charge is 0.269 e. The van der Waals surface area contributed by atoms with Crippen LogP contribution in [0.1, 0.15) is 53.1 Å². The zero-order valence-electron chi connectivity index (χ0n) is 18.4. The van der Waals surface area contributed by atoms with E-state index in [9.17, 15) is 4.79 Å². The van der Waals surface area contributed by atoms with E-state index in [-0.39, 0.29) is 11.5 Å². The van der Waals surface area contributed by atoms with Crippen LogP contribution < -0.4 is 5.32 Å². The Balaban J connectivity index is 1.29. The molecule has 1 N–H and O–H groups in total. The lowest BCUT2D eigenvalue weighted by Crippen LogP contribution is -2.50. The van der Waals surface area contributed by atoms with E-state index in [1.54, 1.807) is 12.3 Å². The summed E-state index contributed by atoms with van der Waals surface area (Å²) in [6, 6.07) is 5.41. The molecule has 2 aromatic heterocycles. The van der Waals surface area contributed by atoms with E-state index in [1.807, 2.05) is 23.9 Å². The lowest BCUT2D eigenvalue weighted by Gasteiger charge is -2.46. The number of pyridine rings is 1. The summed E-state index contributed by atoms with van der Waals surface area (Å²) in [6.45, 7) is 8.77. The van der Waals surface area contributed by atoms with Crippen molar-refractivity contribution in [2.75, 3.05) is 26.2 Å². The Labute approximate surface area is 178 Å². The van der Waals surface area contributed by atoms with Crippen LogP contribution >= 0.6 is 0 Å². The van der Waals surface area contributed by atoms with Gasteiger partial charge in [0.25, 0.3) is 5.91 Å². The molecule has 2 saturated heterocycles. The summed E-state index contributed by atoms with van der Waals surface area (Å²) in [5.74, 6) is 0.369. The number of aromatic nitrogens is 3. The van der Waals surface area contributed by atoms with Crippen molar-refractivity contribution >= 4 is 5.91 Å². The number of rotatable bonds is 5. The minimum Gasteiger partial charge on any atom is -0.375 e. The number of nitrogens with zero attached hydrogens (tertiary/aromatic N) is 4. The number of carbonyl (C=O) groups excluding carboxylic acids is 1. The molecule has 2 aliphatic heterocycles. The highest BCUT2D eigenvalue weighted by Crippen LogP contribution is 2.38. The van der Waals surface area contributed by atoms with Crippen LogP contribution in [0.25, 0.3) is 0 Å². The van der Waals surface area contributed by atoms with Crippen molar-refractivity contribution < 1.29 is 9.53 Å². The summed E-state index contributed by atoms with van der Waals surface area (Å²) >= 11 is 0. The molecule has 4 rings (SSSR count). The second kappa shape index (κ2) is 8.86. The first-order valence-corrected chi connectivity index (χ1v) is 11.0. The maximum atomic E-state index is 12.3. The van der Waals surface area contributed by atoms with Crippen molar-refractivity contribution in [1.82, 2.24) is 25.0 Å². The predicted octanol–water partition coefficient (Wildman–Crippen LogP) is 2.62. The average molecular weight is 412 g/mol. The number of ether oxygens (including phenoxy) is 1. The molecule has 0 radical (unpaired) electrons. The fourth-order valence-corrected chi connectivity index (χ4v) is 4.87. The van der Waals surface area contributed by atoms with Crippen molar-refractivity contribution in [2.24, 2.45) is 13.0 Å². The Morgan fingerprint density at radius 3 is 2.77 bits per heavy atom. The third-order valence-corrected chi connectivity index (χ3v) is 6.85. The van der Waals surface area contributed by atoms with E-state index >= 15 is 0 Å². The molecule has 0 saturated carbocycles. The van der Waals surface area contributed by atoms with Gasteiger partial charge in [-0.05, 0) is 57.6 Å². The Morgan fingerprint density at radius 2 is 2.10 bits per heavy atom. The Morgan fingerprint density at radius 1 is 1.30 bits per heavy atom. The highest BCUT2D eigenvalue weighted by atomic mass is 16.5. The molecule has 0 aliphatic carbocycles. The van der Waals surface area contributed by atoms with E-state index in [1.165, 1.54) is 11.3 Å². The van der Waals surface area contributed by atoms with Gasteiger partial charge in [0.2, 0.25) is 0 Å². The van der Waals surface area contributed by atoms with Crippen LogP contribution in [0.4, 0.5) is 0 Å². The van der Waals surface area contributed by atoms with Crippen molar-refractivity contribution in [3.8, 4) is 0 Å². The lowest BCUT2D eigenvalue weighted by molar-refractivity contribution is -0.127. The molecule has 4 heterocycles. The van der Waals surface area contributed by atoms with Gasteiger partial charge in [0.15, 0.2) is 0 Å².